The van der Waals surface area contributed by atoms with Crippen LogP contribution in [0.4, 0.5) is 13.2 Å². The second kappa shape index (κ2) is 7.51. The van der Waals surface area contributed by atoms with E-state index in [1.165, 1.54) is 23.9 Å². The van der Waals surface area contributed by atoms with Crippen LogP contribution < -0.4 is 0 Å². The highest BCUT2D eigenvalue weighted by Crippen LogP contribution is 2.36. The topological polar surface area (TPSA) is 33.1 Å². The van der Waals surface area contributed by atoms with Gasteiger partial charge in [-0.05, 0) is 35.9 Å². The summed E-state index contributed by atoms with van der Waals surface area (Å²) in [6, 6.07) is 17.6. The minimum absolute atomic E-state index is 0.244. The number of hydrogen-bond acceptors (Lipinski definition) is 3. The monoisotopic (exact) mass is 375 g/mol. The molecule has 0 amide bonds. The van der Waals surface area contributed by atoms with Crippen molar-refractivity contribution in [2.24, 2.45) is 0 Å². The molecule has 0 aliphatic heterocycles. The first kappa shape index (κ1) is 18.5. The maximum atomic E-state index is 12.7. The maximum absolute atomic E-state index is 12.7. The van der Waals surface area contributed by atoms with Gasteiger partial charge in [0, 0.05) is 28.6 Å². The molecule has 0 aliphatic carbocycles. The summed E-state index contributed by atoms with van der Waals surface area (Å²) in [5.41, 5.74) is -0.659. The average Bonchev–Trinajstić information content (AvgIpc) is 2.67. The van der Waals surface area contributed by atoms with Crippen LogP contribution in [0.25, 0.3) is 0 Å². The Labute approximate surface area is 153 Å². The van der Waals surface area contributed by atoms with Crippen LogP contribution >= 0.6 is 11.8 Å². The van der Waals surface area contributed by atoms with E-state index < -0.39 is 17.3 Å². The van der Waals surface area contributed by atoms with Crippen LogP contribution in [0, 0.1) is 0 Å². The fourth-order valence-corrected chi connectivity index (χ4v) is 3.62. The molecule has 0 bridgehead atoms. The molecule has 3 aromatic rings. The molecule has 6 heteroatoms. The number of halogens is 3. The highest BCUT2D eigenvalue weighted by molar-refractivity contribution is 7.99. The molecule has 0 spiro atoms. The summed E-state index contributed by atoms with van der Waals surface area (Å²) >= 11 is 1.29. The van der Waals surface area contributed by atoms with E-state index in [1.54, 1.807) is 24.5 Å². The van der Waals surface area contributed by atoms with Crippen LogP contribution in [-0.4, -0.2) is 15.8 Å². The van der Waals surface area contributed by atoms with Crippen molar-refractivity contribution in [3.63, 3.8) is 0 Å². The van der Waals surface area contributed by atoms with Crippen LogP contribution in [0.1, 0.15) is 16.7 Å². The number of alkyl halides is 3. The second-order valence-electron chi connectivity index (χ2n) is 5.78. The number of aliphatic hydroxyl groups is 1. The molecule has 1 heterocycles. The lowest BCUT2D eigenvalue weighted by Gasteiger charge is -2.28. The fraction of sp³-hybridized carbons (Fsp3) is 0.150. The standard InChI is InChI=1S/C20H16F3NOS/c21-20(22,23)16-8-10-18(11-9-16)26-14-19(25,15-5-2-1-3-6-15)17-7-4-12-24-13-17/h1-13,25H,14H2. The molecule has 0 fully saturated rings. The first-order chi connectivity index (χ1) is 12.4. The summed E-state index contributed by atoms with van der Waals surface area (Å²) in [5.74, 6) is 0.244. The van der Waals surface area contributed by atoms with E-state index in [0.29, 0.717) is 16.0 Å². The van der Waals surface area contributed by atoms with Crippen molar-refractivity contribution in [3.05, 3.63) is 95.8 Å². The van der Waals surface area contributed by atoms with E-state index in [2.05, 4.69) is 4.98 Å². The molecule has 1 N–H and O–H groups in total. The molecule has 1 atom stereocenters. The first-order valence-electron chi connectivity index (χ1n) is 7.88. The Kier molecular flexibility index (Phi) is 5.34. The van der Waals surface area contributed by atoms with E-state index in [0.717, 1.165) is 12.1 Å². The number of benzene rings is 2. The SMILES string of the molecule is OC(CSc1ccc(C(F)(F)F)cc1)(c1ccccc1)c1cccnc1. The van der Waals surface area contributed by atoms with Gasteiger partial charge in [-0.3, -0.25) is 4.98 Å². The Morgan fingerprint density at radius 2 is 1.46 bits per heavy atom. The van der Waals surface area contributed by atoms with E-state index in [9.17, 15) is 18.3 Å². The summed E-state index contributed by atoms with van der Waals surface area (Å²) in [6.45, 7) is 0. The van der Waals surface area contributed by atoms with Crippen LogP contribution in [0.5, 0.6) is 0 Å². The highest BCUT2D eigenvalue weighted by Gasteiger charge is 2.33. The number of pyridine rings is 1. The second-order valence-corrected chi connectivity index (χ2v) is 6.83. The summed E-state index contributed by atoms with van der Waals surface area (Å²) in [7, 11) is 0. The lowest BCUT2D eigenvalue weighted by Crippen LogP contribution is -2.30. The zero-order valence-corrected chi connectivity index (χ0v) is 14.5. The Morgan fingerprint density at radius 3 is 2.04 bits per heavy atom. The third-order valence-corrected chi connectivity index (χ3v) is 5.19. The zero-order chi connectivity index (χ0) is 18.6. The van der Waals surface area contributed by atoms with Gasteiger partial charge < -0.3 is 5.11 Å². The van der Waals surface area contributed by atoms with Gasteiger partial charge in [-0.2, -0.15) is 13.2 Å². The molecule has 0 aliphatic rings. The molecule has 1 aromatic heterocycles. The molecule has 2 aromatic carbocycles. The number of aromatic nitrogens is 1. The summed E-state index contributed by atoms with van der Waals surface area (Å²) in [5, 5.41) is 11.4. The third-order valence-electron chi connectivity index (χ3n) is 4.02. The molecule has 0 saturated heterocycles. The average molecular weight is 375 g/mol. The lowest BCUT2D eigenvalue weighted by molar-refractivity contribution is -0.137. The third kappa shape index (κ3) is 4.08. The van der Waals surface area contributed by atoms with Crippen molar-refractivity contribution in [2.75, 3.05) is 5.75 Å². The molecule has 3 rings (SSSR count). The van der Waals surface area contributed by atoms with Crippen LogP contribution in [0.2, 0.25) is 0 Å². The molecule has 2 nitrogen and oxygen atoms in total. The van der Waals surface area contributed by atoms with Crippen molar-refractivity contribution >= 4 is 11.8 Å². The van der Waals surface area contributed by atoms with Crippen LogP contribution in [0.15, 0.2) is 84.0 Å². The van der Waals surface area contributed by atoms with Crippen molar-refractivity contribution in [1.82, 2.24) is 4.98 Å². The predicted octanol–water partition coefficient (Wildman–Crippen LogP) is 5.13. The van der Waals surface area contributed by atoms with Gasteiger partial charge in [0.2, 0.25) is 0 Å². The molecule has 134 valence electrons. The summed E-state index contributed by atoms with van der Waals surface area (Å²) < 4.78 is 38.1. The Morgan fingerprint density at radius 1 is 0.808 bits per heavy atom. The largest absolute Gasteiger partial charge is 0.416 e. The minimum Gasteiger partial charge on any atom is -0.379 e. The molecule has 0 radical (unpaired) electrons. The van der Waals surface area contributed by atoms with Crippen LogP contribution in [-0.2, 0) is 11.8 Å². The van der Waals surface area contributed by atoms with E-state index in [4.69, 9.17) is 0 Å². The quantitative estimate of drug-likeness (QED) is 0.628. The van der Waals surface area contributed by atoms with Gasteiger partial charge in [0.15, 0.2) is 0 Å². The van der Waals surface area contributed by atoms with Gasteiger partial charge >= 0.3 is 6.18 Å². The van der Waals surface area contributed by atoms with Gasteiger partial charge in [-0.15, -0.1) is 11.8 Å². The predicted molar refractivity (Wildman–Crippen MR) is 95.8 cm³/mol. The van der Waals surface area contributed by atoms with Crippen LogP contribution in [0.3, 0.4) is 0 Å². The first-order valence-corrected chi connectivity index (χ1v) is 8.86. The van der Waals surface area contributed by atoms with Crippen molar-refractivity contribution in [3.8, 4) is 0 Å². The van der Waals surface area contributed by atoms with Gasteiger partial charge in [-0.25, -0.2) is 0 Å². The van der Waals surface area contributed by atoms with Crippen molar-refractivity contribution in [2.45, 2.75) is 16.7 Å². The molecule has 26 heavy (non-hydrogen) atoms. The number of hydrogen-bond donors (Lipinski definition) is 1. The van der Waals surface area contributed by atoms with Gasteiger partial charge in [0.05, 0.1) is 5.56 Å². The zero-order valence-electron chi connectivity index (χ0n) is 13.6. The minimum atomic E-state index is -4.36. The number of thioether (sulfide) groups is 1. The van der Waals surface area contributed by atoms with E-state index >= 15 is 0 Å². The smallest absolute Gasteiger partial charge is 0.379 e. The summed E-state index contributed by atoms with van der Waals surface area (Å²) in [6.07, 6.45) is -1.14. The number of rotatable bonds is 5. The lowest BCUT2D eigenvalue weighted by atomic mass is 9.89. The molecule has 1 unspecified atom stereocenters. The van der Waals surface area contributed by atoms with Crippen molar-refractivity contribution in [1.29, 1.82) is 0 Å². The maximum Gasteiger partial charge on any atom is 0.416 e. The van der Waals surface area contributed by atoms with E-state index in [-0.39, 0.29) is 5.75 Å². The molecular weight excluding hydrogens is 359 g/mol. The Bertz CT molecular complexity index is 797. The van der Waals surface area contributed by atoms with Crippen molar-refractivity contribution < 1.29 is 18.3 Å². The highest BCUT2D eigenvalue weighted by atomic mass is 32.2. The Hall–Kier alpha value is -2.31. The Balaban J connectivity index is 1.86. The van der Waals surface area contributed by atoms with E-state index in [1.807, 2.05) is 30.3 Å². The normalized spacial score (nSPS) is 14.0. The van der Waals surface area contributed by atoms with Gasteiger partial charge in [-0.1, -0.05) is 36.4 Å². The molecule has 0 saturated carbocycles. The number of nitrogens with zero attached hydrogens (tertiary/aromatic N) is 1. The molecular formula is C20H16F3NOS. The fourth-order valence-electron chi connectivity index (χ4n) is 2.58. The van der Waals surface area contributed by atoms with Gasteiger partial charge in [0.25, 0.3) is 0 Å². The van der Waals surface area contributed by atoms with Gasteiger partial charge in [0.1, 0.15) is 5.60 Å². The summed E-state index contributed by atoms with van der Waals surface area (Å²) in [4.78, 5) is 4.72.